The van der Waals surface area contributed by atoms with Crippen LogP contribution in [0.4, 0.5) is 0 Å². The fraction of sp³-hybridized carbons (Fsp3) is 0.353. The Bertz CT molecular complexity index is 659. The fourth-order valence-corrected chi connectivity index (χ4v) is 2.51. The first-order valence-electron chi connectivity index (χ1n) is 7.11. The van der Waals surface area contributed by atoms with Gasteiger partial charge in [-0.25, -0.2) is 0 Å². The van der Waals surface area contributed by atoms with Crippen LogP contribution in [-0.4, -0.2) is 19.0 Å². The summed E-state index contributed by atoms with van der Waals surface area (Å²) < 4.78 is 0. The maximum atomic E-state index is 12.2. The second kappa shape index (κ2) is 4.91. The molecule has 2 aromatic rings. The molecule has 0 unspecified atom stereocenters. The number of aryl methyl sites for hydroxylation is 1. The summed E-state index contributed by atoms with van der Waals surface area (Å²) in [5.74, 6) is -0.00722. The molecule has 3 N–H and O–H groups in total. The Balaban J connectivity index is 1.76. The normalized spacial score (nSPS) is 16.1. The average Bonchev–Trinajstić information content (AvgIpc) is 3.25. The molecule has 0 bridgehead atoms. The number of nitrogens with two attached hydrogens (primary N) is 1. The number of benzene rings is 2. The predicted octanol–water partition coefficient (Wildman–Crippen LogP) is 2.62. The third-order valence-corrected chi connectivity index (χ3v) is 4.27. The Morgan fingerprint density at radius 2 is 1.90 bits per heavy atom. The number of amides is 1. The highest BCUT2D eigenvalue weighted by molar-refractivity contribution is 5.98. The molecule has 1 aliphatic rings. The molecule has 0 atom stereocenters. The second-order valence-electron chi connectivity index (χ2n) is 5.95. The maximum Gasteiger partial charge on any atom is 0.251 e. The molecule has 104 valence electrons. The van der Waals surface area contributed by atoms with Gasteiger partial charge in [0.25, 0.3) is 5.91 Å². The van der Waals surface area contributed by atoms with Crippen LogP contribution in [0.1, 0.15) is 28.8 Å². The lowest BCUT2D eigenvalue weighted by Crippen LogP contribution is -2.33. The molecule has 1 amide bonds. The zero-order valence-electron chi connectivity index (χ0n) is 11.8. The highest BCUT2D eigenvalue weighted by Crippen LogP contribution is 2.43. The van der Waals surface area contributed by atoms with Crippen LogP contribution in [0, 0.1) is 12.3 Å². The first-order chi connectivity index (χ1) is 9.62. The maximum absolute atomic E-state index is 12.2. The van der Waals surface area contributed by atoms with Gasteiger partial charge in [0.05, 0.1) is 0 Å². The number of carbonyl (C=O) groups excluding carboxylic acids is 1. The molecule has 0 spiro atoms. The van der Waals surface area contributed by atoms with Crippen molar-refractivity contribution in [1.82, 2.24) is 5.32 Å². The summed E-state index contributed by atoms with van der Waals surface area (Å²) in [6.07, 6.45) is 2.25. The molecule has 1 saturated carbocycles. The molecule has 3 rings (SSSR count). The summed E-state index contributed by atoms with van der Waals surface area (Å²) in [5.41, 5.74) is 7.85. The second-order valence-corrected chi connectivity index (χ2v) is 5.95. The molecule has 0 radical (unpaired) electrons. The monoisotopic (exact) mass is 268 g/mol. The van der Waals surface area contributed by atoms with E-state index in [1.165, 1.54) is 10.9 Å². The molecule has 3 nitrogen and oxygen atoms in total. The summed E-state index contributed by atoms with van der Waals surface area (Å²) in [7, 11) is 0. The van der Waals surface area contributed by atoms with Crippen molar-refractivity contribution in [1.29, 1.82) is 0 Å². The molecule has 1 aliphatic carbocycles. The molecule has 1 fully saturated rings. The van der Waals surface area contributed by atoms with Crippen LogP contribution >= 0.6 is 0 Å². The Morgan fingerprint density at radius 3 is 2.60 bits per heavy atom. The zero-order chi connectivity index (χ0) is 14.2. The van der Waals surface area contributed by atoms with Crippen molar-refractivity contribution in [3.63, 3.8) is 0 Å². The van der Waals surface area contributed by atoms with Gasteiger partial charge in [-0.3, -0.25) is 4.79 Å². The van der Waals surface area contributed by atoms with Crippen LogP contribution in [0.3, 0.4) is 0 Å². The van der Waals surface area contributed by atoms with Gasteiger partial charge in [-0.2, -0.15) is 0 Å². The molecular weight excluding hydrogens is 248 g/mol. The van der Waals surface area contributed by atoms with Gasteiger partial charge in [-0.15, -0.1) is 0 Å². The van der Waals surface area contributed by atoms with E-state index in [0.717, 1.165) is 18.2 Å². The first kappa shape index (κ1) is 13.1. The number of hydrogen-bond donors (Lipinski definition) is 2. The van der Waals surface area contributed by atoms with Crippen molar-refractivity contribution >= 4 is 16.7 Å². The predicted molar refractivity (Wildman–Crippen MR) is 81.7 cm³/mol. The van der Waals surface area contributed by atoms with E-state index in [2.05, 4.69) is 30.4 Å². The lowest BCUT2D eigenvalue weighted by molar-refractivity contribution is 0.0945. The van der Waals surface area contributed by atoms with E-state index >= 15 is 0 Å². The van der Waals surface area contributed by atoms with E-state index in [0.29, 0.717) is 18.7 Å². The Labute approximate surface area is 119 Å². The van der Waals surface area contributed by atoms with E-state index in [4.69, 9.17) is 5.73 Å². The van der Waals surface area contributed by atoms with Gasteiger partial charge in [0.1, 0.15) is 0 Å². The van der Waals surface area contributed by atoms with E-state index < -0.39 is 0 Å². The minimum absolute atomic E-state index is 0.00722. The highest BCUT2D eigenvalue weighted by atomic mass is 16.1. The third kappa shape index (κ3) is 2.54. The van der Waals surface area contributed by atoms with Crippen LogP contribution in [0.25, 0.3) is 10.8 Å². The Kier molecular flexibility index (Phi) is 3.22. The van der Waals surface area contributed by atoms with Crippen molar-refractivity contribution in [3.05, 3.63) is 47.5 Å². The van der Waals surface area contributed by atoms with Crippen LogP contribution < -0.4 is 11.1 Å². The van der Waals surface area contributed by atoms with Gasteiger partial charge in [-0.05, 0) is 49.2 Å². The van der Waals surface area contributed by atoms with Crippen LogP contribution in [0.2, 0.25) is 0 Å². The molecule has 20 heavy (non-hydrogen) atoms. The van der Waals surface area contributed by atoms with E-state index in [9.17, 15) is 4.79 Å². The lowest BCUT2D eigenvalue weighted by atomic mass is 10.0. The van der Waals surface area contributed by atoms with Crippen LogP contribution in [0.5, 0.6) is 0 Å². The molecule has 0 aliphatic heterocycles. The summed E-state index contributed by atoms with van der Waals surface area (Å²) in [5, 5.41) is 5.28. The van der Waals surface area contributed by atoms with Gasteiger partial charge in [0, 0.05) is 17.5 Å². The molecular formula is C17H20N2O. The highest BCUT2D eigenvalue weighted by Gasteiger charge is 2.41. The van der Waals surface area contributed by atoms with Crippen LogP contribution in [-0.2, 0) is 0 Å². The van der Waals surface area contributed by atoms with Crippen molar-refractivity contribution in [2.24, 2.45) is 11.1 Å². The number of fused-ring (bicyclic) bond motifs is 1. The number of hydrogen-bond acceptors (Lipinski definition) is 2. The van der Waals surface area contributed by atoms with Gasteiger partial charge in [0.2, 0.25) is 0 Å². The summed E-state index contributed by atoms with van der Waals surface area (Å²) in [6, 6.07) is 12.1. The van der Waals surface area contributed by atoms with Gasteiger partial charge in [-0.1, -0.05) is 29.8 Å². The van der Waals surface area contributed by atoms with Crippen molar-refractivity contribution in [2.75, 3.05) is 13.1 Å². The smallest absolute Gasteiger partial charge is 0.251 e. The minimum Gasteiger partial charge on any atom is -0.351 e. The third-order valence-electron chi connectivity index (χ3n) is 4.27. The molecule has 2 aromatic carbocycles. The van der Waals surface area contributed by atoms with E-state index in [-0.39, 0.29) is 11.3 Å². The Hall–Kier alpha value is -1.87. The summed E-state index contributed by atoms with van der Waals surface area (Å²) in [6.45, 7) is 3.42. The quantitative estimate of drug-likeness (QED) is 0.895. The first-order valence-corrected chi connectivity index (χ1v) is 7.11. The van der Waals surface area contributed by atoms with Crippen LogP contribution in [0.15, 0.2) is 36.4 Å². The number of rotatable bonds is 4. The molecule has 0 aromatic heterocycles. The van der Waals surface area contributed by atoms with Crippen molar-refractivity contribution in [2.45, 2.75) is 19.8 Å². The van der Waals surface area contributed by atoms with Gasteiger partial charge < -0.3 is 11.1 Å². The van der Waals surface area contributed by atoms with Gasteiger partial charge in [0.15, 0.2) is 0 Å². The number of nitrogens with one attached hydrogen (secondary N) is 1. The van der Waals surface area contributed by atoms with Crippen molar-refractivity contribution in [3.8, 4) is 0 Å². The lowest BCUT2D eigenvalue weighted by Gasteiger charge is -2.13. The molecule has 0 heterocycles. The largest absolute Gasteiger partial charge is 0.351 e. The number of carbonyl (C=O) groups is 1. The Morgan fingerprint density at radius 1 is 1.20 bits per heavy atom. The molecule has 3 heteroatoms. The topological polar surface area (TPSA) is 55.1 Å². The minimum atomic E-state index is -0.00722. The zero-order valence-corrected chi connectivity index (χ0v) is 11.8. The summed E-state index contributed by atoms with van der Waals surface area (Å²) >= 11 is 0. The molecule has 0 saturated heterocycles. The van der Waals surface area contributed by atoms with E-state index in [1.807, 2.05) is 18.2 Å². The summed E-state index contributed by atoms with van der Waals surface area (Å²) in [4.78, 5) is 12.2. The van der Waals surface area contributed by atoms with E-state index in [1.54, 1.807) is 0 Å². The van der Waals surface area contributed by atoms with Gasteiger partial charge >= 0.3 is 0 Å². The standard InChI is InChI=1S/C17H20N2O/c1-12-2-3-14-9-15(5-4-13(14)8-12)16(20)19-11-17(10-18)6-7-17/h2-5,8-9H,6-7,10-11,18H2,1H3,(H,19,20). The average molecular weight is 268 g/mol. The SMILES string of the molecule is Cc1ccc2cc(C(=O)NCC3(CN)CC3)ccc2c1. The fourth-order valence-electron chi connectivity index (χ4n) is 2.51. The van der Waals surface area contributed by atoms with Crippen molar-refractivity contribution < 1.29 is 4.79 Å².